The third kappa shape index (κ3) is 1.87. The Bertz CT molecular complexity index is 632. The molecular weight excluding hydrogens is 240 g/mol. The molecule has 2 heterocycles. The average Bonchev–Trinajstić information content (AvgIpc) is 2.83. The van der Waals surface area contributed by atoms with Gasteiger partial charge in [-0.05, 0) is 24.5 Å². The monoisotopic (exact) mass is 256 g/mol. The number of anilines is 1. The average molecular weight is 256 g/mol. The Morgan fingerprint density at radius 3 is 3.00 bits per heavy atom. The van der Waals surface area contributed by atoms with Crippen molar-refractivity contribution in [1.82, 2.24) is 9.78 Å². The highest BCUT2D eigenvalue weighted by Crippen LogP contribution is 2.32. The standard InChI is InChI=1S/C14H16N4O/c1-9-4-2-3-5-10(9)12-6-7-16-14-11(13(15)19)8-17-18(12)14/h2-5,8,12,16H,6-7H2,1H3,(H2,15,19). The molecule has 1 atom stereocenters. The molecule has 5 heteroatoms. The number of hydrogen-bond acceptors (Lipinski definition) is 3. The maximum Gasteiger partial charge on any atom is 0.254 e. The third-order valence-electron chi connectivity index (χ3n) is 3.61. The van der Waals surface area contributed by atoms with Crippen LogP contribution in [0.4, 0.5) is 5.82 Å². The molecule has 0 bridgehead atoms. The number of hydrogen-bond donors (Lipinski definition) is 2. The fraction of sp³-hybridized carbons (Fsp3) is 0.286. The second-order valence-corrected chi connectivity index (χ2v) is 4.80. The number of amides is 1. The Hall–Kier alpha value is -2.30. The molecule has 3 rings (SSSR count). The lowest BCUT2D eigenvalue weighted by molar-refractivity contribution is 0.100. The minimum atomic E-state index is -0.445. The largest absolute Gasteiger partial charge is 0.369 e. The number of carbonyl (C=O) groups is 1. The van der Waals surface area contributed by atoms with Crippen molar-refractivity contribution in [1.29, 1.82) is 0 Å². The van der Waals surface area contributed by atoms with Gasteiger partial charge in [-0.15, -0.1) is 0 Å². The van der Waals surface area contributed by atoms with Crippen molar-refractivity contribution in [3.63, 3.8) is 0 Å². The van der Waals surface area contributed by atoms with Gasteiger partial charge >= 0.3 is 0 Å². The first-order chi connectivity index (χ1) is 9.18. The lowest BCUT2D eigenvalue weighted by atomic mass is 9.98. The molecule has 1 amide bonds. The van der Waals surface area contributed by atoms with E-state index in [1.54, 1.807) is 6.20 Å². The Labute approximate surface area is 111 Å². The van der Waals surface area contributed by atoms with E-state index in [1.165, 1.54) is 11.1 Å². The molecule has 0 spiro atoms. The zero-order valence-electron chi connectivity index (χ0n) is 10.8. The van der Waals surface area contributed by atoms with Crippen LogP contribution in [0.5, 0.6) is 0 Å². The van der Waals surface area contributed by atoms with Crippen LogP contribution >= 0.6 is 0 Å². The van der Waals surface area contributed by atoms with E-state index >= 15 is 0 Å². The summed E-state index contributed by atoms with van der Waals surface area (Å²) >= 11 is 0. The van der Waals surface area contributed by atoms with E-state index in [0.29, 0.717) is 5.56 Å². The molecule has 1 aromatic carbocycles. The molecule has 98 valence electrons. The predicted molar refractivity (Wildman–Crippen MR) is 73.2 cm³/mol. The molecule has 5 nitrogen and oxygen atoms in total. The summed E-state index contributed by atoms with van der Waals surface area (Å²) in [5, 5.41) is 7.54. The molecule has 1 aromatic heterocycles. The molecule has 1 aliphatic heterocycles. The zero-order valence-corrected chi connectivity index (χ0v) is 10.8. The lowest BCUT2D eigenvalue weighted by Gasteiger charge is -2.27. The summed E-state index contributed by atoms with van der Waals surface area (Å²) in [7, 11) is 0. The highest BCUT2D eigenvalue weighted by molar-refractivity contribution is 5.97. The third-order valence-corrected chi connectivity index (χ3v) is 3.61. The number of carbonyl (C=O) groups excluding carboxylic acids is 1. The minimum absolute atomic E-state index is 0.158. The highest BCUT2D eigenvalue weighted by atomic mass is 16.1. The summed E-state index contributed by atoms with van der Waals surface area (Å²) in [6.45, 7) is 2.90. The van der Waals surface area contributed by atoms with E-state index in [9.17, 15) is 4.79 Å². The molecule has 0 radical (unpaired) electrons. The number of aromatic nitrogens is 2. The summed E-state index contributed by atoms with van der Waals surface area (Å²) in [4.78, 5) is 11.4. The van der Waals surface area contributed by atoms with Crippen LogP contribution in [0.3, 0.4) is 0 Å². The van der Waals surface area contributed by atoms with E-state index in [-0.39, 0.29) is 6.04 Å². The second kappa shape index (κ2) is 4.42. The van der Waals surface area contributed by atoms with E-state index in [1.807, 2.05) is 16.8 Å². The number of nitrogens with two attached hydrogens (primary N) is 1. The Morgan fingerprint density at radius 1 is 1.47 bits per heavy atom. The van der Waals surface area contributed by atoms with Gasteiger partial charge in [0, 0.05) is 6.54 Å². The van der Waals surface area contributed by atoms with Gasteiger partial charge in [-0.25, -0.2) is 4.68 Å². The van der Waals surface area contributed by atoms with Crippen LogP contribution in [0.2, 0.25) is 0 Å². The minimum Gasteiger partial charge on any atom is -0.369 e. The van der Waals surface area contributed by atoms with Crippen LogP contribution in [0.25, 0.3) is 0 Å². The van der Waals surface area contributed by atoms with Gasteiger partial charge in [0.1, 0.15) is 11.4 Å². The van der Waals surface area contributed by atoms with Crippen LogP contribution < -0.4 is 11.1 Å². The lowest BCUT2D eigenvalue weighted by Crippen LogP contribution is -2.26. The molecule has 0 saturated carbocycles. The van der Waals surface area contributed by atoms with Crippen molar-refractivity contribution in [3.8, 4) is 0 Å². The molecule has 19 heavy (non-hydrogen) atoms. The number of aryl methyl sites for hydroxylation is 1. The second-order valence-electron chi connectivity index (χ2n) is 4.80. The van der Waals surface area contributed by atoms with Gasteiger partial charge in [0.05, 0.1) is 12.2 Å². The number of nitrogens with one attached hydrogen (secondary N) is 1. The number of fused-ring (bicyclic) bond motifs is 1. The highest BCUT2D eigenvalue weighted by Gasteiger charge is 2.26. The van der Waals surface area contributed by atoms with Crippen LogP contribution in [0.15, 0.2) is 30.5 Å². The first-order valence-electron chi connectivity index (χ1n) is 6.35. The normalized spacial score (nSPS) is 17.6. The predicted octanol–water partition coefficient (Wildman–Crippen LogP) is 1.70. The van der Waals surface area contributed by atoms with Crippen molar-refractivity contribution in [2.75, 3.05) is 11.9 Å². The summed E-state index contributed by atoms with van der Waals surface area (Å²) < 4.78 is 1.87. The number of rotatable bonds is 2. The van der Waals surface area contributed by atoms with Crippen LogP contribution in [0, 0.1) is 6.92 Å². The van der Waals surface area contributed by atoms with Crippen molar-refractivity contribution in [2.24, 2.45) is 5.73 Å². The molecule has 0 fully saturated rings. The summed E-state index contributed by atoms with van der Waals surface area (Å²) in [6, 6.07) is 8.42. The molecule has 1 unspecified atom stereocenters. The van der Waals surface area contributed by atoms with E-state index in [0.717, 1.165) is 18.8 Å². The van der Waals surface area contributed by atoms with Crippen molar-refractivity contribution < 1.29 is 4.79 Å². The van der Waals surface area contributed by atoms with Crippen LogP contribution in [0.1, 0.15) is 33.9 Å². The molecule has 2 aromatic rings. The molecule has 0 saturated heterocycles. The summed E-state index contributed by atoms with van der Waals surface area (Å²) in [6.07, 6.45) is 2.49. The Kier molecular flexibility index (Phi) is 2.74. The smallest absolute Gasteiger partial charge is 0.254 e. The maximum absolute atomic E-state index is 11.4. The van der Waals surface area contributed by atoms with Gasteiger partial charge in [0.15, 0.2) is 0 Å². The van der Waals surface area contributed by atoms with Gasteiger partial charge in [0.2, 0.25) is 0 Å². The van der Waals surface area contributed by atoms with E-state index in [2.05, 4.69) is 29.5 Å². The first-order valence-corrected chi connectivity index (χ1v) is 6.35. The van der Waals surface area contributed by atoms with Crippen molar-refractivity contribution in [2.45, 2.75) is 19.4 Å². The number of nitrogens with zero attached hydrogens (tertiary/aromatic N) is 2. The zero-order chi connectivity index (χ0) is 13.4. The van der Waals surface area contributed by atoms with Gasteiger partial charge < -0.3 is 11.1 Å². The van der Waals surface area contributed by atoms with Gasteiger partial charge in [-0.2, -0.15) is 5.10 Å². The van der Waals surface area contributed by atoms with Crippen molar-refractivity contribution in [3.05, 3.63) is 47.2 Å². The fourth-order valence-corrected chi connectivity index (χ4v) is 2.65. The topological polar surface area (TPSA) is 72.9 Å². The first kappa shape index (κ1) is 11.8. The summed E-state index contributed by atoms with van der Waals surface area (Å²) in [5.74, 6) is 0.284. The molecule has 3 N–H and O–H groups in total. The van der Waals surface area contributed by atoms with Gasteiger partial charge in [-0.3, -0.25) is 4.79 Å². The molecule has 1 aliphatic rings. The quantitative estimate of drug-likeness (QED) is 0.858. The molecular formula is C14H16N4O. The maximum atomic E-state index is 11.4. The van der Waals surface area contributed by atoms with Crippen LogP contribution in [-0.4, -0.2) is 22.2 Å². The Balaban J connectivity index is 2.09. The van der Waals surface area contributed by atoms with Gasteiger partial charge in [-0.1, -0.05) is 24.3 Å². The summed E-state index contributed by atoms with van der Waals surface area (Å²) in [5.41, 5.74) is 8.29. The van der Waals surface area contributed by atoms with Crippen molar-refractivity contribution >= 4 is 11.7 Å². The molecule has 0 aliphatic carbocycles. The van der Waals surface area contributed by atoms with Gasteiger partial charge in [0.25, 0.3) is 5.91 Å². The van der Waals surface area contributed by atoms with E-state index < -0.39 is 5.91 Å². The van der Waals surface area contributed by atoms with E-state index in [4.69, 9.17) is 5.73 Å². The fourth-order valence-electron chi connectivity index (χ4n) is 2.65. The number of benzene rings is 1. The van der Waals surface area contributed by atoms with Crippen LogP contribution in [-0.2, 0) is 0 Å². The SMILES string of the molecule is Cc1ccccc1C1CCNc2c(C(N)=O)cnn21. The number of primary amides is 1. The Morgan fingerprint density at radius 2 is 2.26 bits per heavy atom.